The van der Waals surface area contributed by atoms with Crippen LogP contribution in [-0.2, 0) is 4.79 Å². The Balaban J connectivity index is 2.31. The summed E-state index contributed by atoms with van der Waals surface area (Å²) < 4.78 is 4.85. The minimum Gasteiger partial charge on any atom is -0.408 e. The number of nitrogens with two attached hydrogens (primary N) is 1. The Morgan fingerprint density at radius 2 is 2.18 bits per heavy atom. The molecule has 0 unspecified atom stereocenters. The van der Waals surface area contributed by atoms with Gasteiger partial charge in [-0.05, 0) is 32.0 Å². The van der Waals surface area contributed by atoms with Crippen LogP contribution in [0.25, 0.3) is 11.1 Å². The van der Waals surface area contributed by atoms with Crippen molar-refractivity contribution in [3.63, 3.8) is 0 Å². The number of rotatable bonds is 2. The molecular formula is C11H13N3O3. The van der Waals surface area contributed by atoms with Gasteiger partial charge >= 0.3 is 5.76 Å². The van der Waals surface area contributed by atoms with E-state index in [1.54, 1.807) is 32.0 Å². The Morgan fingerprint density at radius 3 is 2.82 bits per heavy atom. The third-order valence-corrected chi connectivity index (χ3v) is 2.26. The largest absolute Gasteiger partial charge is 0.417 e. The van der Waals surface area contributed by atoms with Gasteiger partial charge in [-0.3, -0.25) is 9.78 Å². The number of aromatic nitrogens is 1. The third kappa shape index (κ3) is 2.36. The van der Waals surface area contributed by atoms with Crippen LogP contribution >= 0.6 is 0 Å². The van der Waals surface area contributed by atoms with E-state index in [4.69, 9.17) is 10.2 Å². The number of H-pyrrole nitrogens is 1. The molecule has 4 N–H and O–H groups in total. The van der Waals surface area contributed by atoms with Crippen LogP contribution in [0.5, 0.6) is 0 Å². The first-order valence-electron chi connectivity index (χ1n) is 5.09. The van der Waals surface area contributed by atoms with E-state index in [9.17, 15) is 9.59 Å². The molecule has 90 valence electrons. The minimum atomic E-state index is -0.960. The fourth-order valence-electron chi connectivity index (χ4n) is 1.32. The van der Waals surface area contributed by atoms with Gasteiger partial charge in [-0.25, -0.2) is 4.79 Å². The summed E-state index contributed by atoms with van der Waals surface area (Å²) in [6, 6.07) is 4.86. The predicted molar refractivity (Wildman–Crippen MR) is 63.7 cm³/mol. The molecule has 2 rings (SSSR count). The highest BCUT2D eigenvalue weighted by atomic mass is 16.4. The van der Waals surface area contributed by atoms with Gasteiger partial charge in [0.1, 0.15) is 0 Å². The molecule has 1 aromatic carbocycles. The number of nitrogens with one attached hydrogen (secondary N) is 2. The van der Waals surface area contributed by atoms with Crippen molar-refractivity contribution in [2.24, 2.45) is 5.73 Å². The summed E-state index contributed by atoms with van der Waals surface area (Å²) in [5, 5.41) is 2.66. The molecule has 17 heavy (non-hydrogen) atoms. The molecule has 0 atom stereocenters. The van der Waals surface area contributed by atoms with Crippen LogP contribution in [0.3, 0.4) is 0 Å². The Kier molecular flexibility index (Phi) is 2.51. The average Bonchev–Trinajstić information content (AvgIpc) is 2.55. The van der Waals surface area contributed by atoms with Crippen LogP contribution in [0.1, 0.15) is 13.8 Å². The van der Waals surface area contributed by atoms with Crippen molar-refractivity contribution >= 4 is 22.7 Å². The predicted octanol–water partition coefficient (Wildman–Crippen LogP) is 0.797. The van der Waals surface area contributed by atoms with Crippen LogP contribution in [0.15, 0.2) is 27.4 Å². The second-order valence-corrected chi connectivity index (χ2v) is 4.40. The van der Waals surface area contributed by atoms with Crippen molar-refractivity contribution in [2.45, 2.75) is 19.4 Å². The zero-order valence-corrected chi connectivity index (χ0v) is 9.53. The lowest BCUT2D eigenvalue weighted by Crippen LogP contribution is -2.45. The highest BCUT2D eigenvalue weighted by Crippen LogP contribution is 2.16. The van der Waals surface area contributed by atoms with E-state index in [1.807, 2.05) is 0 Å². The Labute approximate surface area is 96.8 Å². The third-order valence-electron chi connectivity index (χ3n) is 2.26. The Bertz CT molecular complexity index is 619. The van der Waals surface area contributed by atoms with E-state index < -0.39 is 11.3 Å². The molecule has 1 aromatic heterocycles. The van der Waals surface area contributed by atoms with E-state index in [0.29, 0.717) is 16.8 Å². The van der Waals surface area contributed by atoms with Gasteiger partial charge in [0.15, 0.2) is 5.58 Å². The summed E-state index contributed by atoms with van der Waals surface area (Å²) in [6.07, 6.45) is 0. The number of benzene rings is 1. The molecule has 0 spiro atoms. The first-order valence-corrected chi connectivity index (χ1v) is 5.09. The van der Waals surface area contributed by atoms with Gasteiger partial charge in [-0.1, -0.05) is 0 Å². The van der Waals surface area contributed by atoms with Gasteiger partial charge in [0.2, 0.25) is 5.91 Å². The Hall–Kier alpha value is -2.08. The number of carbonyl (C=O) groups excluding carboxylic acids is 1. The molecule has 0 saturated carbocycles. The number of fused-ring (bicyclic) bond motifs is 1. The van der Waals surface area contributed by atoms with Gasteiger partial charge in [-0.15, -0.1) is 0 Å². The van der Waals surface area contributed by atoms with E-state index >= 15 is 0 Å². The summed E-state index contributed by atoms with van der Waals surface area (Å²) >= 11 is 0. The summed E-state index contributed by atoms with van der Waals surface area (Å²) in [6.45, 7) is 3.22. The van der Waals surface area contributed by atoms with Crippen molar-refractivity contribution < 1.29 is 9.21 Å². The molecule has 0 saturated heterocycles. The molecule has 0 aliphatic carbocycles. The maximum atomic E-state index is 11.6. The molecule has 1 amide bonds. The van der Waals surface area contributed by atoms with Crippen LogP contribution < -0.4 is 16.8 Å². The zero-order chi connectivity index (χ0) is 12.6. The lowest BCUT2D eigenvalue weighted by molar-refractivity contribution is -0.120. The molecule has 0 aliphatic rings. The monoisotopic (exact) mass is 235 g/mol. The maximum Gasteiger partial charge on any atom is 0.417 e. The molecule has 1 heterocycles. The minimum absolute atomic E-state index is 0.303. The number of carbonyl (C=O) groups is 1. The standard InChI is InChI=1S/C11H13N3O3/c1-11(2,12)9(15)13-6-3-4-8-7(5-6)14-10(16)17-8/h3-5H,12H2,1-2H3,(H,13,15)(H,14,16). The van der Waals surface area contributed by atoms with Crippen molar-refractivity contribution in [1.29, 1.82) is 0 Å². The smallest absolute Gasteiger partial charge is 0.408 e. The second-order valence-electron chi connectivity index (χ2n) is 4.40. The van der Waals surface area contributed by atoms with E-state index in [2.05, 4.69) is 10.3 Å². The number of hydrogen-bond acceptors (Lipinski definition) is 4. The molecular weight excluding hydrogens is 222 g/mol. The summed E-state index contributed by atoms with van der Waals surface area (Å²) in [7, 11) is 0. The molecule has 6 nitrogen and oxygen atoms in total. The summed E-state index contributed by atoms with van der Waals surface area (Å²) in [5.74, 6) is -0.828. The van der Waals surface area contributed by atoms with Crippen molar-refractivity contribution in [1.82, 2.24) is 4.98 Å². The van der Waals surface area contributed by atoms with Crippen LogP contribution in [0.2, 0.25) is 0 Å². The number of oxazole rings is 1. The molecule has 0 bridgehead atoms. The van der Waals surface area contributed by atoms with E-state index in [1.165, 1.54) is 0 Å². The number of hydrogen-bond donors (Lipinski definition) is 3. The zero-order valence-electron chi connectivity index (χ0n) is 9.53. The number of aromatic amines is 1. The van der Waals surface area contributed by atoms with Gasteiger partial charge in [0.05, 0.1) is 11.1 Å². The SMILES string of the molecule is CC(C)(N)C(=O)Nc1ccc2oc(=O)[nH]c2c1. The molecule has 0 aliphatic heterocycles. The van der Waals surface area contributed by atoms with Crippen LogP contribution in [-0.4, -0.2) is 16.4 Å². The lowest BCUT2D eigenvalue weighted by Gasteiger charge is -2.17. The lowest BCUT2D eigenvalue weighted by atomic mass is 10.1. The Morgan fingerprint density at radius 1 is 1.47 bits per heavy atom. The van der Waals surface area contributed by atoms with Crippen molar-refractivity contribution in [3.05, 3.63) is 28.7 Å². The van der Waals surface area contributed by atoms with E-state index in [-0.39, 0.29) is 5.91 Å². The molecule has 0 fully saturated rings. The quantitative estimate of drug-likeness (QED) is 0.716. The first kappa shape index (κ1) is 11.4. The first-order chi connectivity index (χ1) is 7.86. The van der Waals surface area contributed by atoms with Crippen molar-refractivity contribution in [3.8, 4) is 0 Å². The highest BCUT2D eigenvalue weighted by Gasteiger charge is 2.21. The van der Waals surface area contributed by atoms with Crippen LogP contribution in [0.4, 0.5) is 5.69 Å². The molecule has 6 heteroatoms. The van der Waals surface area contributed by atoms with Gasteiger partial charge < -0.3 is 15.5 Å². The summed E-state index contributed by atoms with van der Waals surface area (Å²) in [5.41, 5.74) is 6.22. The number of amides is 1. The molecule has 0 radical (unpaired) electrons. The fourth-order valence-corrected chi connectivity index (χ4v) is 1.32. The van der Waals surface area contributed by atoms with Gasteiger partial charge in [-0.2, -0.15) is 0 Å². The number of anilines is 1. The second kappa shape index (κ2) is 3.74. The molecule has 2 aromatic rings. The highest BCUT2D eigenvalue weighted by molar-refractivity contribution is 5.98. The average molecular weight is 235 g/mol. The topological polar surface area (TPSA) is 101 Å². The van der Waals surface area contributed by atoms with Crippen molar-refractivity contribution in [2.75, 3.05) is 5.32 Å². The van der Waals surface area contributed by atoms with Gasteiger partial charge in [0, 0.05) is 5.69 Å². The summed E-state index contributed by atoms with van der Waals surface area (Å²) in [4.78, 5) is 25.1. The van der Waals surface area contributed by atoms with Gasteiger partial charge in [0.25, 0.3) is 0 Å². The maximum absolute atomic E-state index is 11.6. The fraction of sp³-hybridized carbons (Fsp3) is 0.273. The van der Waals surface area contributed by atoms with E-state index in [0.717, 1.165) is 0 Å². The normalized spacial score (nSPS) is 11.7. The van der Waals surface area contributed by atoms with Crippen LogP contribution in [0, 0.1) is 0 Å².